The molecule has 372 valence electrons. The summed E-state index contributed by atoms with van der Waals surface area (Å²) in [6, 6.07) is 8.46. The molecule has 17 nitrogen and oxygen atoms in total. The molecule has 3 atom stereocenters. The summed E-state index contributed by atoms with van der Waals surface area (Å²) in [6.07, 6.45) is 7.81. The van der Waals surface area contributed by atoms with Gasteiger partial charge >= 0.3 is 24.0 Å². The Morgan fingerprint density at radius 1 is 0.829 bits per heavy atom. The third kappa shape index (κ3) is 9.97. The van der Waals surface area contributed by atoms with Crippen molar-refractivity contribution in [3.63, 3.8) is 0 Å². The summed E-state index contributed by atoms with van der Waals surface area (Å²) in [5.74, 6) is 0.0859. The monoisotopic (exact) mass is 958 g/mol. The molecule has 4 heterocycles. The zero-order chi connectivity index (χ0) is 51.5. The Balaban J connectivity index is 0.000000233. The summed E-state index contributed by atoms with van der Waals surface area (Å²) < 4.78 is 26.3. The number of aromatic nitrogens is 6. The number of nitrogens with one attached hydrogen (secondary N) is 2. The average molecular weight is 958 g/mol. The van der Waals surface area contributed by atoms with E-state index in [1.54, 1.807) is 49.4 Å². The molecule has 2 fully saturated rings. The fourth-order valence-corrected chi connectivity index (χ4v) is 10.1. The number of aromatic amines is 2. The second-order valence-corrected chi connectivity index (χ2v) is 20.4. The van der Waals surface area contributed by atoms with Crippen molar-refractivity contribution in [2.75, 3.05) is 13.1 Å². The summed E-state index contributed by atoms with van der Waals surface area (Å²) in [4.78, 5) is 70.5. The van der Waals surface area contributed by atoms with E-state index in [-0.39, 0.29) is 93.3 Å². The number of benzene rings is 1. The normalized spacial score (nSPS) is 20.4. The van der Waals surface area contributed by atoms with E-state index in [9.17, 15) is 19.2 Å². The molecule has 5 aromatic rings. The van der Waals surface area contributed by atoms with Gasteiger partial charge in [0, 0.05) is 29.8 Å². The van der Waals surface area contributed by atoms with E-state index in [4.69, 9.17) is 32.1 Å². The van der Waals surface area contributed by atoms with Gasteiger partial charge in [0.05, 0.1) is 18.7 Å². The third-order valence-electron chi connectivity index (χ3n) is 14.6. The number of rotatable bonds is 13. The number of H-pyrrole nitrogens is 2. The predicted molar refractivity (Wildman–Crippen MR) is 266 cm³/mol. The Hall–Kier alpha value is -7.14. The Kier molecular flexibility index (Phi) is 15.5. The summed E-state index contributed by atoms with van der Waals surface area (Å²) >= 11 is 0. The van der Waals surface area contributed by atoms with Gasteiger partial charge in [-0.2, -0.15) is 0 Å². The largest absolute Gasteiger partial charge is 0.459 e. The van der Waals surface area contributed by atoms with Crippen LogP contribution in [-0.2, 0) is 9.47 Å². The molecule has 2 N–H and O–H groups in total. The van der Waals surface area contributed by atoms with Crippen molar-refractivity contribution in [1.29, 1.82) is 0 Å². The number of hydrogen-bond acceptors (Lipinski definition) is 10. The summed E-state index contributed by atoms with van der Waals surface area (Å²) in [5, 5.41) is 6.08. The molecule has 1 amide bonds. The van der Waals surface area contributed by atoms with E-state index >= 15 is 0 Å². The zero-order valence-corrected chi connectivity index (χ0v) is 42.4. The molecule has 2 saturated carbocycles. The van der Waals surface area contributed by atoms with Crippen LogP contribution in [0.3, 0.4) is 0 Å². The maximum atomic E-state index is 14.0. The minimum Gasteiger partial charge on any atom is -0.459 e. The van der Waals surface area contributed by atoms with Gasteiger partial charge in [-0.15, -0.1) is 13.2 Å². The van der Waals surface area contributed by atoms with Crippen LogP contribution < -0.4 is 9.47 Å². The molecule has 4 aromatic heterocycles. The van der Waals surface area contributed by atoms with Crippen LogP contribution in [0.5, 0.6) is 11.8 Å². The number of hydrogen-bond donors (Lipinski definition) is 2. The average Bonchev–Trinajstić information content (AvgIpc) is 4.05. The topological polar surface area (TPSA) is 183 Å². The van der Waals surface area contributed by atoms with Gasteiger partial charge in [0.15, 0.2) is 11.3 Å². The van der Waals surface area contributed by atoms with Gasteiger partial charge in [0.25, 0.3) is 11.4 Å². The SMILES string of the molecule is [C-]#[N+]c1c(C(=O)OC2(C)C(C)(C)CCCC2(C)C)c2nc(C(C)CC)[nH]n2c1OC(=O)N(CC=C)CC=C.[C-]#[N+]c1c(C(=O)OC2C(C)CC(C)CC2C)c2nc(C)[nH]n2c1OC(=O)c1ccccc1. The highest BCUT2D eigenvalue weighted by Crippen LogP contribution is 2.56. The highest BCUT2D eigenvalue weighted by molar-refractivity contribution is 6.06. The van der Waals surface area contributed by atoms with E-state index in [0.717, 1.165) is 38.5 Å². The van der Waals surface area contributed by atoms with Crippen molar-refractivity contribution >= 4 is 46.7 Å². The van der Waals surface area contributed by atoms with Gasteiger partial charge in [0.2, 0.25) is 11.8 Å². The first kappa shape index (κ1) is 52.2. The van der Waals surface area contributed by atoms with E-state index in [1.165, 1.54) is 13.9 Å². The molecule has 2 aliphatic carbocycles. The number of ether oxygens (including phenoxy) is 4. The molecular formula is C53H67N9O8. The Morgan fingerprint density at radius 2 is 1.36 bits per heavy atom. The Labute approximate surface area is 410 Å². The fraction of sp³-hybridized carbons (Fsp3) is 0.509. The third-order valence-corrected chi connectivity index (χ3v) is 14.6. The zero-order valence-electron chi connectivity index (χ0n) is 42.4. The highest BCUT2D eigenvalue weighted by Gasteiger charge is 2.57. The number of nitrogens with zero attached hydrogens (tertiary/aromatic N) is 7. The van der Waals surface area contributed by atoms with Crippen LogP contribution in [0.25, 0.3) is 21.0 Å². The van der Waals surface area contributed by atoms with Gasteiger partial charge in [-0.05, 0) is 75.8 Å². The lowest BCUT2D eigenvalue weighted by atomic mass is 9.54. The van der Waals surface area contributed by atoms with Crippen LogP contribution in [0, 0.1) is 48.7 Å². The number of carbonyl (C=O) groups is 4. The number of esters is 3. The van der Waals surface area contributed by atoms with Crippen molar-refractivity contribution in [2.45, 2.75) is 132 Å². The van der Waals surface area contributed by atoms with Gasteiger partial charge < -0.3 is 23.8 Å². The highest BCUT2D eigenvalue weighted by atomic mass is 16.6. The molecule has 0 spiro atoms. The molecule has 0 radical (unpaired) electrons. The molecule has 1 aromatic carbocycles. The molecular weight excluding hydrogens is 891 g/mol. The minimum atomic E-state index is -0.805. The van der Waals surface area contributed by atoms with Crippen LogP contribution in [0.2, 0.25) is 0 Å². The van der Waals surface area contributed by atoms with Crippen molar-refractivity contribution in [3.8, 4) is 11.8 Å². The smallest absolute Gasteiger partial charge is 0.416 e. The van der Waals surface area contributed by atoms with Crippen molar-refractivity contribution in [3.05, 3.63) is 107 Å². The quantitative estimate of drug-likeness (QED) is 0.0654. The first-order valence-electron chi connectivity index (χ1n) is 24.0. The molecule has 70 heavy (non-hydrogen) atoms. The second-order valence-electron chi connectivity index (χ2n) is 20.4. The van der Waals surface area contributed by atoms with Crippen LogP contribution in [0.1, 0.15) is 156 Å². The molecule has 2 aliphatic rings. The molecule has 17 heteroatoms. The van der Waals surface area contributed by atoms with E-state index in [1.807, 2.05) is 20.8 Å². The van der Waals surface area contributed by atoms with Crippen molar-refractivity contribution < 1.29 is 38.1 Å². The van der Waals surface area contributed by atoms with Crippen LogP contribution in [0.15, 0.2) is 55.6 Å². The standard InChI is InChI=1S/C29H41N5O4.C24H26N4O4/c1-11-17-33(18-12-2)26(36)37-24-21(30-10)20(23-31-22(19(4)13-3)32-34(23)24)25(35)38-29(9)27(5,6)15-14-16-28(29,7)8;1-13-11-14(2)20(15(3)12-13)31-24(30)18-19(25-5)22(28-21(18)26-16(4)27-28)32-23(29)17-9-7-6-8-10-17/h11-12,19H,1-2,13-18H2,3-9H3,(H,31,32);6-10,13-15,20H,11-12H2,1-4H3,(H,26,27). The Morgan fingerprint density at radius 3 is 1.90 bits per heavy atom. The van der Waals surface area contributed by atoms with E-state index in [0.29, 0.717) is 23.1 Å². The molecule has 0 aliphatic heterocycles. The van der Waals surface area contributed by atoms with Crippen LogP contribution in [-0.4, -0.2) is 82.9 Å². The number of aryl methyl sites for hydroxylation is 1. The molecule has 7 rings (SSSR count). The van der Waals surface area contributed by atoms with E-state index < -0.39 is 29.6 Å². The van der Waals surface area contributed by atoms with Crippen molar-refractivity contribution in [1.82, 2.24) is 34.1 Å². The number of amides is 1. The maximum Gasteiger partial charge on any atom is 0.416 e. The summed E-state index contributed by atoms with van der Waals surface area (Å²) in [5.41, 5.74) is -0.859. The summed E-state index contributed by atoms with van der Waals surface area (Å²) in [7, 11) is 0. The van der Waals surface area contributed by atoms with Gasteiger partial charge in [-0.1, -0.05) is 99.1 Å². The fourth-order valence-electron chi connectivity index (χ4n) is 10.1. The first-order valence-corrected chi connectivity index (χ1v) is 24.0. The molecule has 3 unspecified atom stereocenters. The van der Waals surface area contributed by atoms with Crippen LogP contribution >= 0.6 is 0 Å². The van der Waals surface area contributed by atoms with Gasteiger partial charge in [0.1, 0.15) is 34.5 Å². The van der Waals surface area contributed by atoms with E-state index in [2.05, 4.69) is 91.5 Å². The van der Waals surface area contributed by atoms with Gasteiger partial charge in [-0.25, -0.2) is 47.9 Å². The lowest BCUT2D eigenvalue weighted by Gasteiger charge is -2.56. The lowest BCUT2D eigenvalue weighted by molar-refractivity contribution is -0.167. The number of carbonyl (C=O) groups excluding carboxylic acids is 4. The lowest BCUT2D eigenvalue weighted by Crippen LogP contribution is -2.58. The summed E-state index contributed by atoms with van der Waals surface area (Å²) in [6.45, 7) is 46.0. The minimum absolute atomic E-state index is 0.00834. The maximum absolute atomic E-state index is 14.0. The van der Waals surface area contributed by atoms with Crippen LogP contribution in [0.4, 0.5) is 16.2 Å². The molecule has 0 saturated heterocycles. The molecule has 0 bridgehead atoms. The van der Waals surface area contributed by atoms with Gasteiger partial charge in [-0.3, -0.25) is 10.2 Å². The first-order chi connectivity index (χ1) is 33.1. The van der Waals surface area contributed by atoms with Crippen molar-refractivity contribution in [2.24, 2.45) is 28.6 Å². The predicted octanol–water partition coefficient (Wildman–Crippen LogP) is 12.0. The number of fused-ring (bicyclic) bond motifs is 2. The Bertz CT molecular complexity index is 2830. The second kappa shape index (κ2) is 20.8.